The van der Waals surface area contributed by atoms with E-state index in [4.69, 9.17) is 33.0 Å². The molecule has 0 saturated heterocycles. The first-order valence-corrected chi connectivity index (χ1v) is 7.37. The van der Waals surface area contributed by atoms with Gasteiger partial charge in [-0.25, -0.2) is 0 Å². The molecule has 0 aliphatic heterocycles. The first kappa shape index (κ1) is 19.8. The number of halogens is 3. The maximum Gasteiger partial charge on any atom is 0.156 e. The van der Waals surface area contributed by atoms with Crippen LogP contribution in [-0.2, 0) is 6.54 Å². The molecule has 20 heavy (non-hydrogen) atoms. The maximum absolute atomic E-state index is 8.67. The Hall–Kier alpha value is -0.190. The molecule has 116 valence electrons. The molecule has 0 aliphatic rings. The molecule has 1 aromatic rings. The van der Waals surface area contributed by atoms with Crippen molar-refractivity contribution in [1.29, 1.82) is 0 Å². The van der Waals surface area contributed by atoms with E-state index in [0.717, 1.165) is 37.9 Å². The van der Waals surface area contributed by atoms with E-state index in [1.807, 2.05) is 19.1 Å². The van der Waals surface area contributed by atoms with Gasteiger partial charge in [0, 0.05) is 13.2 Å². The number of rotatable bonds is 9. The van der Waals surface area contributed by atoms with Crippen molar-refractivity contribution in [1.82, 2.24) is 5.32 Å². The van der Waals surface area contributed by atoms with Gasteiger partial charge < -0.3 is 15.2 Å². The zero-order valence-electron chi connectivity index (χ0n) is 11.6. The monoisotopic (exact) mass is 341 g/mol. The largest absolute Gasteiger partial charge is 0.491 e. The molecule has 0 heterocycles. The highest BCUT2D eigenvalue weighted by atomic mass is 35.5. The van der Waals surface area contributed by atoms with Gasteiger partial charge >= 0.3 is 0 Å². The van der Waals surface area contributed by atoms with Crippen molar-refractivity contribution in [2.45, 2.75) is 32.7 Å². The summed E-state index contributed by atoms with van der Waals surface area (Å²) in [6.07, 6.45) is 2.95. The highest BCUT2D eigenvalue weighted by Gasteiger charge is 2.08. The number of aliphatic hydroxyl groups excluding tert-OH is 1. The topological polar surface area (TPSA) is 41.5 Å². The van der Waals surface area contributed by atoms with E-state index in [-0.39, 0.29) is 19.0 Å². The standard InChI is InChI=1S/C14H21Cl2NO2.ClH/c1-2-19-14-12(15)8-11(9-13(14)16)10-17-6-4-3-5-7-18;/h8-9,17-18H,2-7,10H2,1H3;1H. The van der Waals surface area contributed by atoms with Gasteiger partial charge in [0.05, 0.1) is 16.7 Å². The minimum Gasteiger partial charge on any atom is -0.491 e. The van der Waals surface area contributed by atoms with Gasteiger partial charge in [-0.05, 0) is 50.4 Å². The zero-order chi connectivity index (χ0) is 14.1. The van der Waals surface area contributed by atoms with Gasteiger partial charge in [-0.1, -0.05) is 23.2 Å². The van der Waals surface area contributed by atoms with E-state index < -0.39 is 0 Å². The lowest BCUT2D eigenvalue weighted by molar-refractivity contribution is 0.283. The van der Waals surface area contributed by atoms with Crippen molar-refractivity contribution < 1.29 is 9.84 Å². The Labute approximate surface area is 137 Å². The summed E-state index contributed by atoms with van der Waals surface area (Å²) in [5.41, 5.74) is 1.04. The van der Waals surface area contributed by atoms with Gasteiger partial charge in [-0.15, -0.1) is 12.4 Å². The minimum absolute atomic E-state index is 0. The summed E-state index contributed by atoms with van der Waals surface area (Å²) >= 11 is 12.3. The third-order valence-corrected chi connectivity index (χ3v) is 3.25. The number of hydrogen-bond donors (Lipinski definition) is 2. The molecule has 0 amide bonds. The van der Waals surface area contributed by atoms with Crippen LogP contribution < -0.4 is 10.1 Å². The summed E-state index contributed by atoms with van der Waals surface area (Å²) in [6, 6.07) is 3.75. The Bertz CT molecular complexity index is 366. The molecule has 6 heteroatoms. The fourth-order valence-corrected chi connectivity index (χ4v) is 2.41. The molecular weight excluding hydrogens is 321 g/mol. The Morgan fingerprint density at radius 3 is 2.35 bits per heavy atom. The average Bonchev–Trinajstić information content (AvgIpc) is 2.38. The van der Waals surface area contributed by atoms with E-state index in [1.165, 1.54) is 0 Å². The predicted octanol–water partition coefficient (Wildman–Crippen LogP) is 4.07. The molecule has 0 unspecified atom stereocenters. The normalized spacial score (nSPS) is 10.2. The summed E-state index contributed by atoms with van der Waals surface area (Å²) < 4.78 is 5.38. The van der Waals surface area contributed by atoms with Crippen LogP contribution in [0.15, 0.2) is 12.1 Å². The second-order valence-electron chi connectivity index (χ2n) is 4.28. The molecule has 0 aromatic heterocycles. The number of nitrogens with one attached hydrogen (secondary N) is 1. The Morgan fingerprint density at radius 2 is 1.80 bits per heavy atom. The Morgan fingerprint density at radius 1 is 1.15 bits per heavy atom. The zero-order valence-corrected chi connectivity index (χ0v) is 14.0. The second-order valence-corrected chi connectivity index (χ2v) is 5.10. The van der Waals surface area contributed by atoms with E-state index in [1.54, 1.807) is 0 Å². The summed E-state index contributed by atoms with van der Waals surface area (Å²) in [5.74, 6) is 0.553. The molecule has 0 radical (unpaired) electrons. The summed E-state index contributed by atoms with van der Waals surface area (Å²) in [5, 5.41) is 13.1. The van der Waals surface area contributed by atoms with Gasteiger partial charge in [0.2, 0.25) is 0 Å². The van der Waals surface area contributed by atoms with Gasteiger partial charge in [-0.3, -0.25) is 0 Å². The van der Waals surface area contributed by atoms with Crippen LogP contribution in [-0.4, -0.2) is 24.9 Å². The fourth-order valence-electron chi connectivity index (χ4n) is 1.77. The van der Waals surface area contributed by atoms with E-state index in [0.29, 0.717) is 22.4 Å². The molecule has 1 rings (SSSR count). The van der Waals surface area contributed by atoms with Crippen LogP contribution in [0, 0.1) is 0 Å². The molecule has 0 bridgehead atoms. The summed E-state index contributed by atoms with van der Waals surface area (Å²) in [4.78, 5) is 0. The van der Waals surface area contributed by atoms with Crippen LogP contribution >= 0.6 is 35.6 Å². The maximum atomic E-state index is 8.67. The molecule has 3 nitrogen and oxygen atoms in total. The third kappa shape index (κ3) is 7.00. The van der Waals surface area contributed by atoms with E-state index >= 15 is 0 Å². The number of ether oxygens (including phenoxy) is 1. The van der Waals surface area contributed by atoms with Crippen LogP contribution in [0.25, 0.3) is 0 Å². The van der Waals surface area contributed by atoms with E-state index in [2.05, 4.69) is 5.32 Å². The minimum atomic E-state index is 0. The lowest BCUT2D eigenvalue weighted by atomic mass is 10.2. The molecule has 0 saturated carbocycles. The van der Waals surface area contributed by atoms with Crippen LogP contribution in [0.4, 0.5) is 0 Å². The lowest BCUT2D eigenvalue weighted by Gasteiger charge is -2.11. The number of hydrogen-bond acceptors (Lipinski definition) is 3. The average molecular weight is 343 g/mol. The second kappa shape index (κ2) is 11.5. The van der Waals surface area contributed by atoms with Gasteiger partial charge in [0.1, 0.15) is 0 Å². The quantitative estimate of drug-likeness (QED) is 0.665. The molecule has 0 atom stereocenters. The van der Waals surface area contributed by atoms with Crippen molar-refractivity contribution in [3.8, 4) is 5.75 Å². The Kier molecular flexibility index (Phi) is 11.4. The number of benzene rings is 1. The highest BCUT2D eigenvalue weighted by Crippen LogP contribution is 2.34. The first-order valence-electron chi connectivity index (χ1n) is 6.61. The molecular formula is C14H22Cl3NO2. The van der Waals surface area contributed by atoms with Crippen LogP contribution in [0.1, 0.15) is 31.7 Å². The fraction of sp³-hybridized carbons (Fsp3) is 0.571. The van der Waals surface area contributed by atoms with Crippen molar-refractivity contribution in [2.75, 3.05) is 19.8 Å². The predicted molar refractivity (Wildman–Crippen MR) is 87.5 cm³/mol. The Balaban J connectivity index is 0.00000361. The number of unbranched alkanes of at least 4 members (excludes halogenated alkanes) is 2. The van der Waals surface area contributed by atoms with Gasteiger partial charge in [-0.2, -0.15) is 0 Å². The van der Waals surface area contributed by atoms with Crippen LogP contribution in [0.5, 0.6) is 5.75 Å². The van der Waals surface area contributed by atoms with Crippen LogP contribution in [0.2, 0.25) is 10.0 Å². The van der Waals surface area contributed by atoms with Crippen molar-refractivity contribution in [3.05, 3.63) is 27.7 Å². The smallest absolute Gasteiger partial charge is 0.156 e. The molecule has 0 spiro atoms. The lowest BCUT2D eigenvalue weighted by Crippen LogP contribution is -2.14. The van der Waals surface area contributed by atoms with Crippen molar-refractivity contribution >= 4 is 35.6 Å². The van der Waals surface area contributed by atoms with Crippen LogP contribution in [0.3, 0.4) is 0 Å². The SMILES string of the molecule is CCOc1c(Cl)cc(CNCCCCCO)cc1Cl.Cl. The molecule has 0 fully saturated rings. The van der Waals surface area contributed by atoms with Gasteiger partial charge in [0.15, 0.2) is 5.75 Å². The van der Waals surface area contributed by atoms with Crippen molar-refractivity contribution in [2.24, 2.45) is 0 Å². The summed E-state index contributed by atoms with van der Waals surface area (Å²) in [6.45, 7) is 4.36. The first-order chi connectivity index (χ1) is 9.19. The number of aliphatic hydroxyl groups is 1. The molecule has 1 aromatic carbocycles. The van der Waals surface area contributed by atoms with E-state index in [9.17, 15) is 0 Å². The van der Waals surface area contributed by atoms with Gasteiger partial charge in [0.25, 0.3) is 0 Å². The highest BCUT2D eigenvalue weighted by molar-refractivity contribution is 6.37. The molecule has 0 aliphatic carbocycles. The molecule has 2 N–H and O–H groups in total. The van der Waals surface area contributed by atoms with Crippen molar-refractivity contribution in [3.63, 3.8) is 0 Å². The third-order valence-electron chi connectivity index (χ3n) is 2.69. The summed E-state index contributed by atoms with van der Waals surface area (Å²) in [7, 11) is 0.